The third-order valence-corrected chi connectivity index (χ3v) is 2.22. The first-order chi connectivity index (χ1) is 8.65. The van der Waals surface area contributed by atoms with E-state index < -0.39 is 0 Å². The first-order valence-corrected chi connectivity index (χ1v) is 5.95. The van der Waals surface area contributed by atoms with E-state index in [1.807, 2.05) is 26.0 Å². The largest absolute Gasteiger partial charge is 0.494 e. The lowest BCUT2D eigenvalue weighted by molar-refractivity contribution is 0.173. The Balaban J connectivity index is 2.44. The van der Waals surface area contributed by atoms with Crippen molar-refractivity contribution in [2.45, 2.75) is 19.9 Å². The lowest BCUT2D eigenvalue weighted by atomic mass is 10.3. The van der Waals surface area contributed by atoms with Crippen LogP contribution in [0.3, 0.4) is 0 Å². The summed E-state index contributed by atoms with van der Waals surface area (Å²) < 4.78 is 10.3. The summed E-state index contributed by atoms with van der Waals surface area (Å²) in [5.74, 6) is 0.788. The van der Waals surface area contributed by atoms with Gasteiger partial charge in [0.1, 0.15) is 5.75 Å². The number of nitrogens with one attached hydrogen (secondary N) is 2. The fourth-order valence-electron chi connectivity index (χ4n) is 1.48. The Kier molecular flexibility index (Phi) is 6.00. The van der Waals surface area contributed by atoms with Gasteiger partial charge in [-0.25, -0.2) is 4.79 Å². The lowest BCUT2D eigenvalue weighted by Gasteiger charge is -2.13. The Labute approximate surface area is 107 Å². The molecular formula is C13H20N2O3. The number of carbonyl (C=O) groups excluding carboxylic acids is 1. The first-order valence-electron chi connectivity index (χ1n) is 5.95. The summed E-state index contributed by atoms with van der Waals surface area (Å²) in [6.07, 6.45) is 0. The highest BCUT2D eigenvalue weighted by Crippen LogP contribution is 2.15. The van der Waals surface area contributed by atoms with Crippen molar-refractivity contribution < 1.29 is 14.3 Å². The van der Waals surface area contributed by atoms with Crippen molar-refractivity contribution in [2.75, 3.05) is 25.6 Å². The van der Waals surface area contributed by atoms with E-state index in [1.165, 1.54) is 0 Å². The number of rotatable bonds is 6. The number of anilines is 1. The summed E-state index contributed by atoms with van der Waals surface area (Å²) in [6, 6.07) is 6.95. The van der Waals surface area contributed by atoms with Gasteiger partial charge in [-0.05, 0) is 38.1 Å². The van der Waals surface area contributed by atoms with Crippen molar-refractivity contribution in [1.82, 2.24) is 5.32 Å². The second-order valence-electron chi connectivity index (χ2n) is 3.91. The van der Waals surface area contributed by atoms with E-state index in [4.69, 9.17) is 9.47 Å². The third-order valence-electron chi connectivity index (χ3n) is 2.22. The predicted molar refractivity (Wildman–Crippen MR) is 71.1 cm³/mol. The molecule has 0 radical (unpaired) electrons. The molecule has 0 saturated heterocycles. The molecule has 5 heteroatoms. The molecule has 18 heavy (non-hydrogen) atoms. The van der Waals surface area contributed by atoms with Crippen LogP contribution in [0, 0.1) is 0 Å². The number of carbonyl (C=O) groups is 1. The second-order valence-corrected chi connectivity index (χ2v) is 3.91. The van der Waals surface area contributed by atoms with Gasteiger partial charge in [-0.2, -0.15) is 0 Å². The monoisotopic (exact) mass is 252 g/mol. The van der Waals surface area contributed by atoms with Gasteiger partial charge in [-0.3, -0.25) is 0 Å². The van der Waals surface area contributed by atoms with Crippen LogP contribution in [-0.2, 0) is 4.74 Å². The standard InChI is InChI=1S/C13H20N2O3/c1-4-18-12-7-5-11(6-8-12)15-13(16)14-10(2)9-17-3/h5-8,10H,4,9H2,1-3H3,(H2,14,15,16). The fraction of sp³-hybridized carbons (Fsp3) is 0.462. The average molecular weight is 252 g/mol. The molecule has 0 aliphatic carbocycles. The van der Waals surface area contributed by atoms with Crippen molar-refractivity contribution in [1.29, 1.82) is 0 Å². The summed E-state index contributed by atoms with van der Waals surface area (Å²) in [6.45, 7) is 4.91. The molecule has 1 atom stereocenters. The van der Waals surface area contributed by atoms with Crippen LogP contribution in [0.2, 0.25) is 0 Å². The van der Waals surface area contributed by atoms with Crippen molar-refractivity contribution in [3.05, 3.63) is 24.3 Å². The van der Waals surface area contributed by atoms with Gasteiger partial charge >= 0.3 is 6.03 Å². The van der Waals surface area contributed by atoms with Crippen LogP contribution in [0.25, 0.3) is 0 Å². The fourth-order valence-corrected chi connectivity index (χ4v) is 1.48. The van der Waals surface area contributed by atoms with Crippen LogP contribution in [0.4, 0.5) is 10.5 Å². The summed E-state index contributed by atoms with van der Waals surface area (Å²) in [5.41, 5.74) is 0.723. The van der Waals surface area contributed by atoms with Crippen LogP contribution >= 0.6 is 0 Å². The van der Waals surface area contributed by atoms with E-state index in [9.17, 15) is 4.79 Å². The third kappa shape index (κ3) is 5.05. The highest BCUT2D eigenvalue weighted by Gasteiger charge is 2.06. The molecule has 0 aliphatic heterocycles. The van der Waals surface area contributed by atoms with E-state index in [2.05, 4.69) is 10.6 Å². The zero-order valence-electron chi connectivity index (χ0n) is 11.0. The molecule has 0 fully saturated rings. The lowest BCUT2D eigenvalue weighted by Crippen LogP contribution is -2.38. The van der Waals surface area contributed by atoms with Crippen molar-refractivity contribution in [3.8, 4) is 5.75 Å². The maximum absolute atomic E-state index is 11.6. The summed E-state index contributed by atoms with van der Waals surface area (Å²) >= 11 is 0. The van der Waals surface area contributed by atoms with Gasteiger partial charge in [0, 0.05) is 12.8 Å². The summed E-state index contributed by atoms with van der Waals surface area (Å²) in [5, 5.41) is 5.50. The molecule has 0 spiro atoms. The normalized spacial score (nSPS) is 11.7. The number of amides is 2. The Morgan fingerprint density at radius 3 is 2.56 bits per heavy atom. The molecule has 1 rings (SSSR count). The van der Waals surface area contributed by atoms with Crippen LogP contribution in [0.15, 0.2) is 24.3 Å². The Hall–Kier alpha value is -1.75. The van der Waals surface area contributed by atoms with E-state index in [0.717, 1.165) is 11.4 Å². The molecule has 0 aromatic heterocycles. The molecule has 1 unspecified atom stereocenters. The van der Waals surface area contributed by atoms with Gasteiger partial charge in [0.25, 0.3) is 0 Å². The Morgan fingerprint density at radius 1 is 1.33 bits per heavy atom. The zero-order chi connectivity index (χ0) is 13.4. The molecule has 1 aromatic carbocycles. The van der Waals surface area contributed by atoms with Crippen LogP contribution in [-0.4, -0.2) is 32.4 Å². The molecular weight excluding hydrogens is 232 g/mol. The highest BCUT2D eigenvalue weighted by atomic mass is 16.5. The number of methoxy groups -OCH3 is 1. The van der Waals surface area contributed by atoms with Crippen molar-refractivity contribution in [3.63, 3.8) is 0 Å². The van der Waals surface area contributed by atoms with E-state index in [1.54, 1.807) is 19.2 Å². The molecule has 100 valence electrons. The minimum atomic E-state index is -0.247. The molecule has 2 amide bonds. The van der Waals surface area contributed by atoms with Crippen LogP contribution in [0.5, 0.6) is 5.75 Å². The molecule has 0 saturated carbocycles. The zero-order valence-corrected chi connectivity index (χ0v) is 11.0. The van der Waals surface area contributed by atoms with Crippen LogP contribution < -0.4 is 15.4 Å². The second kappa shape index (κ2) is 7.55. The molecule has 1 aromatic rings. The minimum absolute atomic E-state index is 0.0299. The SMILES string of the molecule is CCOc1ccc(NC(=O)NC(C)COC)cc1. The van der Waals surface area contributed by atoms with Gasteiger partial charge in [-0.1, -0.05) is 0 Å². The number of benzene rings is 1. The quantitative estimate of drug-likeness (QED) is 0.816. The predicted octanol–water partition coefficient (Wildman–Crippen LogP) is 2.24. The maximum atomic E-state index is 11.6. The number of hydrogen-bond acceptors (Lipinski definition) is 3. The van der Waals surface area contributed by atoms with Gasteiger partial charge in [0.2, 0.25) is 0 Å². The average Bonchev–Trinajstić information content (AvgIpc) is 2.32. The van der Waals surface area contributed by atoms with E-state index in [-0.39, 0.29) is 12.1 Å². The van der Waals surface area contributed by atoms with Gasteiger partial charge in [0.15, 0.2) is 0 Å². The summed E-state index contributed by atoms with van der Waals surface area (Å²) in [4.78, 5) is 11.6. The molecule has 0 bridgehead atoms. The number of urea groups is 1. The smallest absolute Gasteiger partial charge is 0.319 e. The molecule has 0 heterocycles. The van der Waals surface area contributed by atoms with Gasteiger partial charge in [-0.15, -0.1) is 0 Å². The van der Waals surface area contributed by atoms with Crippen molar-refractivity contribution in [2.24, 2.45) is 0 Å². The minimum Gasteiger partial charge on any atom is -0.494 e. The van der Waals surface area contributed by atoms with Crippen molar-refractivity contribution >= 4 is 11.7 Å². The highest BCUT2D eigenvalue weighted by molar-refractivity contribution is 5.89. The van der Waals surface area contributed by atoms with Gasteiger partial charge in [0.05, 0.1) is 19.3 Å². The Morgan fingerprint density at radius 2 is 2.00 bits per heavy atom. The first kappa shape index (κ1) is 14.3. The summed E-state index contributed by atoms with van der Waals surface area (Å²) in [7, 11) is 1.60. The van der Waals surface area contributed by atoms with E-state index >= 15 is 0 Å². The molecule has 5 nitrogen and oxygen atoms in total. The molecule has 0 aliphatic rings. The number of hydrogen-bond donors (Lipinski definition) is 2. The van der Waals surface area contributed by atoms with E-state index in [0.29, 0.717) is 13.2 Å². The topological polar surface area (TPSA) is 59.6 Å². The maximum Gasteiger partial charge on any atom is 0.319 e. The van der Waals surface area contributed by atoms with Gasteiger partial charge < -0.3 is 20.1 Å². The molecule has 2 N–H and O–H groups in total. The Bertz CT molecular complexity index is 365. The van der Waals surface area contributed by atoms with Crippen LogP contribution in [0.1, 0.15) is 13.8 Å². The number of ether oxygens (including phenoxy) is 2.